The fourth-order valence-corrected chi connectivity index (χ4v) is 0.0278. The third kappa shape index (κ3) is 1.97. The maximum atomic E-state index is 11.1. The molecule has 0 aliphatic carbocycles. The Morgan fingerprint density at radius 3 is 1.43 bits per heavy atom. The molecule has 0 unspecified atom stereocenters. The second-order valence-electron chi connectivity index (χ2n) is 0.910. The van der Waals surface area contributed by atoms with Crippen LogP contribution in [-0.4, -0.2) is 18.5 Å². The average molecular weight is 108 g/mol. The molecule has 0 bridgehead atoms. The molecule has 4 heteroatoms. The van der Waals surface area contributed by atoms with E-state index in [-0.39, 0.29) is 0 Å². The van der Waals surface area contributed by atoms with Crippen molar-refractivity contribution >= 4 is 12.6 Å². The summed E-state index contributed by atoms with van der Waals surface area (Å²) >= 11 is 0. The number of aldehydes is 2. The fourth-order valence-electron chi connectivity index (χ4n) is 0.0278. The second-order valence-corrected chi connectivity index (χ2v) is 0.910. The van der Waals surface area contributed by atoms with Gasteiger partial charge in [-0.3, -0.25) is 9.59 Å². The van der Waals surface area contributed by atoms with E-state index in [9.17, 15) is 8.78 Å². The number of alkyl halides is 2. The summed E-state index contributed by atoms with van der Waals surface area (Å²) in [6.45, 7) is 0. The van der Waals surface area contributed by atoms with E-state index in [1.54, 1.807) is 0 Å². The number of halogens is 2. The standard InChI is InChI=1S/C3H2F2O2/c4-3(5,1-6)2-7/h1-2H. The van der Waals surface area contributed by atoms with Crippen molar-refractivity contribution in [3.8, 4) is 0 Å². The lowest BCUT2D eigenvalue weighted by Crippen LogP contribution is -2.18. The number of carbonyl (C=O) groups excluding carboxylic acids is 2. The number of hydrogen-bond acceptors (Lipinski definition) is 2. The SMILES string of the molecule is O=CC(F)(F)C=O. The van der Waals surface area contributed by atoms with Gasteiger partial charge in [-0.1, -0.05) is 0 Å². The van der Waals surface area contributed by atoms with Crippen LogP contribution in [0, 0.1) is 0 Å². The van der Waals surface area contributed by atoms with Crippen LogP contribution in [0.3, 0.4) is 0 Å². The monoisotopic (exact) mass is 108 g/mol. The van der Waals surface area contributed by atoms with Crippen molar-refractivity contribution in [2.24, 2.45) is 0 Å². The highest BCUT2D eigenvalue weighted by Gasteiger charge is 2.25. The molecule has 0 heterocycles. The van der Waals surface area contributed by atoms with E-state index in [1.807, 2.05) is 0 Å². The molecule has 7 heavy (non-hydrogen) atoms. The van der Waals surface area contributed by atoms with Crippen molar-refractivity contribution in [1.29, 1.82) is 0 Å². The van der Waals surface area contributed by atoms with E-state index in [4.69, 9.17) is 9.59 Å². The van der Waals surface area contributed by atoms with Crippen LogP contribution in [0.5, 0.6) is 0 Å². The molecule has 0 aliphatic rings. The van der Waals surface area contributed by atoms with Crippen molar-refractivity contribution in [3.05, 3.63) is 0 Å². The molecule has 0 saturated carbocycles. The molecule has 0 aromatic heterocycles. The Morgan fingerprint density at radius 1 is 1.14 bits per heavy atom. The summed E-state index contributed by atoms with van der Waals surface area (Å²) in [6.07, 6.45) is -1.42. The van der Waals surface area contributed by atoms with E-state index < -0.39 is 18.5 Å². The Kier molecular flexibility index (Phi) is 1.57. The second kappa shape index (κ2) is 1.77. The van der Waals surface area contributed by atoms with Crippen LogP contribution in [-0.2, 0) is 9.59 Å². The Bertz CT molecular complexity index is 78.9. The predicted octanol–water partition coefficient (Wildman–Crippen LogP) is 0.0195. The lowest BCUT2D eigenvalue weighted by atomic mass is 10.4. The van der Waals surface area contributed by atoms with Crippen LogP contribution in [0.25, 0.3) is 0 Å². The summed E-state index contributed by atoms with van der Waals surface area (Å²) in [5.74, 6) is -3.78. The van der Waals surface area contributed by atoms with Gasteiger partial charge in [0.15, 0.2) is 12.6 Å². The summed E-state index contributed by atoms with van der Waals surface area (Å²) < 4.78 is 22.3. The number of carbonyl (C=O) groups is 2. The summed E-state index contributed by atoms with van der Waals surface area (Å²) in [4.78, 5) is 18.2. The molecule has 0 saturated heterocycles. The van der Waals surface area contributed by atoms with Gasteiger partial charge in [-0.05, 0) is 0 Å². The van der Waals surface area contributed by atoms with Gasteiger partial charge in [0.25, 0.3) is 0 Å². The maximum absolute atomic E-state index is 11.1. The van der Waals surface area contributed by atoms with E-state index in [2.05, 4.69) is 0 Å². The molecule has 40 valence electrons. The van der Waals surface area contributed by atoms with E-state index in [1.165, 1.54) is 0 Å². The van der Waals surface area contributed by atoms with Gasteiger partial charge in [0.1, 0.15) is 0 Å². The van der Waals surface area contributed by atoms with Gasteiger partial charge in [-0.25, -0.2) is 0 Å². The van der Waals surface area contributed by atoms with Crippen LogP contribution in [0.2, 0.25) is 0 Å². The molecule has 0 spiro atoms. The third-order valence-corrected chi connectivity index (χ3v) is 0.314. The summed E-state index contributed by atoms with van der Waals surface area (Å²) in [5.41, 5.74) is 0. The fraction of sp³-hybridized carbons (Fsp3) is 0.333. The zero-order valence-corrected chi connectivity index (χ0v) is 3.23. The van der Waals surface area contributed by atoms with Gasteiger partial charge in [-0.2, -0.15) is 8.78 Å². The molecule has 2 nitrogen and oxygen atoms in total. The number of rotatable bonds is 2. The lowest BCUT2D eigenvalue weighted by Gasteiger charge is -1.91. The third-order valence-electron chi connectivity index (χ3n) is 0.314. The van der Waals surface area contributed by atoms with Crippen LogP contribution < -0.4 is 0 Å². The molecule has 0 radical (unpaired) electrons. The quantitative estimate of drug-likeness (QED) is 0.369. The predicted molar refractivity (Wildman–Crippen MR) is 17.1 cm³/mol. The minimum absolute atomic E-state index is 0.708. The van der Waals surface area contributed by atoms with Crippen molar-refractivity contribution in [2.45, 2.75) is 5.92 Å². The highest BCUT2D eigenvalue weighted by Crippen LogP contribution is 2.02. The minimum Gasteiger partial charge on any atom is -0.296 e. The van der Waals surface area contributed by atoms with Gasteiger partial charge < -0.3 is 0 Å². The minimum atomic E-state index is -3.78. The summed E-state index contributed by atoms with van der Waals surface area (Å²) in [5, 5.41) is 0. The molecule has 0 atom stereocenters. The number of hydrogen-bond donors (Lipinski definition) is 0. The Hall–Kier alpha value is -0.800. The average Bonchev–Trinajstić information content (AvgIpc) is 1.68. The van der Waals surface area contributed by atoms with Crippen LogP contribution in [0.15, 0.2) is 0 Å². The molecule has 0 aromatic rings. The van der Waals surface area contributed by atoms with Crippen molar-refractivity contribution in [2.75, 3.05) is 0 Å². The van der Waals surface area contributed by atoms with Gasteiger partial charge >= 0.3 is 5.92 Å². The largest absolute Gasteiger partial charge is 0.356 e. The van der Waals surface area contributed by atoms with Crippen molar-refractivity contribution < 1.29 is 18.4 Å². The van der Waals surface area contributed by atoms with E-state index in [0.717, 1.165) is 0 Å². The normalized spacial score (nSPS) is 10.6. The Labute approximate surface area is 38.1 Å². The van der Waals surface area contributed by atoms with Crippen LogP contribution in [0.1, 0.15) is 0 Å². The smallest absolute Gasteiger partial charge is 0.296 e. The molecular weight excluding hydrogens is 106 g/mol. The first kappa shape index (κ1) is 6.20. The first-order valence-electron chi connectivity index (χ1n) is 1.43. The molecule has 0 amide bonds. The molecule has 0 N–H and O–H groups in total. The molecule has 0 aromatic carbocycles. The zero-order valence-electron chi connectivity index (χ0n) is 3.23. The first-order valence-corrected chi connectivity index (χ1v) is 1.43. The Morgan fingerprint density at radius 2 is 1.43 bits per heavy atom. The van der Waals surface area contributed by atoms with Gasteiger partial charge in [-0.15, -0.1) is 0 Å². The van der Waals surface area contributed by atoms with Crippen LogP contribution in [0.4, 0.5) is 8.78 Å². The first-order chi connectivity index (χ1) is 3.12. The lowest BCUT2D eigenvalue weighted by molar-refractivity contribution is -0.140. The molecule has 0 aliphatic heterocycles. The Balaban J connectivity index is 3.82. The summed E-state index contributed by atoms with van der Waals surface area (Å²) in [6, 6.07) is 0. The molecular formula is C3H2F2O2. The molecule has 0 fully saturated rings. The van der Waals surface area contributed by atoms with Gasteiger partial charge in [0.2, 0.25) is 0 Å². The van der Waals surface area contributed by atoms with E-state index in [0.29, 0.717) is 0 Å². The van der Waals surface area contributed by atoms with Crippen molar-refractivity contribution in [1.82, 2.24) is 0 Å². The zero-order chi connectivity index (χ0) is 5.91. The topological polar surface area (TPSA) is 34.1 Å². The highest BCUT2D eigenvalue weighted by molar-refractivity contribution is 5.84. The molecule has 0 rings (SSSR count). The maximum Gasteiger partial charge on any atom is 0.356 e. The highest BCUT2D eigenvalue weighted by atomic mass is 19.3. The van der Waals surface area contributed by atoms with Gasteiger partial charge in [0.05, 0.1) is 0 Å². The van der Waals surface area contributed by atoms with Gasteiger partial charge in [0, 0.05) is 0 Å². The van der Waals surface area contributed by atoms with E-state index >= 15 is 0 Å². The van der Waals surface area contributed by atoms with Crippen LogP contribution >= 0.6 is 0 Å². The van der Waals surface area contributed by atoms with Crippen molar-refractivity contribution in [3.63, 3.8) is 0 Å². The summed E-state index contributed by atoms with van der Waals surface area (Å²) in [7, 11) is 0.